The number of hydrogen-bond donors (Lipinski definition) is 1. The van der Waals surface area contributed by atoms with Gasteiger partial charge in [0.25, 0.3) is 5.91 Å². The number of carbonyl (C=O) groups excluding carboxylic acids is 1. The van der Waals surface area contributed by atoms with Crippen molar-refractivity contribution in [3.05, 3.63) is 50.6 Å². The number of carbonyl (C=O) groups is 1. The van der Waals surface area contributed by atoms with E-state index in [-0.39, 0.29) is 11.9 Å². The second-order valence-corrected chi connectivity index (χ2v) is 6.51. The van der Waals surface area contributed by atoms with Crippen LogP contribution >= 0.6 is 27.3 Å². The second kappa shape index (κ2) is 7.61. The number of amides is 1. The lowest BCUT2D eigenvalue weighted by Gasteiger charge is -2.17. The lowest BCUT2D eigenvalue weighted by atomic mass is 10.1. The van der Waals surface area contributed by atoms with Crippen molar-refractivity contribution in [1.82, 2.24) is 5.32 Å². The zero-order valence-corrected chi connectivity index (χ0v) is 14.5. The summed E-state index contributed by atoms with van der Waals surface area (Å²) in [5.41, 5.74) is 0.590. The van der Waals surface area contributed by atoms with Gasteiger partial charge < -0.3 is 10.1 Å². The molecule has 1 aromatic carbocycles. The maximum Gasteiger partial charge on any atom is 0.253 e. The Morgan fingerprint density at radius 2 is 2.24 bits per heavy atom. The Morgan fingerprint density at radius 1 is 1.43 bits per heavy atom. The summed E-state index contributed by atoms with van der Waals surface area (Å²) in [6, 6.07) is 9.52. The SMILES string of the molecule is CCCC(NC(=O)c1cc(OC)ccc1Br)c1cccs1. The van der Waals surface area contributed by atoms with E-state index < -0.39 is 0 Å². The molecule has 0 aliphatic heterocycles. The summed E-state index contributed by atoms with van der Waals surface area (Å²) in [4.78, 5) is 13.7. The molecule has 1 N–H and O–H groups in total. The smallest absolute Gasteiger partial charge is 0.253 e. The van der Waals surface area contributed by atoms with E-state index in [1.165, 1.54) is 4.88 Å². The number of thiophene rings is 1. The maximum atomic E-state index is 12.5. The molecule has 0 aliphatic rings. The molecule has 21 heavy (non-hydrogen) atoms. The number of ether oxygens (including phenoxy) is 1. The first-order chi connectivity index (χ1) is 10.2. The van der Waals surface area contributed by atoms with Gasteiger partial charge in [-0.15, -0.1) is 11.3 Å². The Balaban J connectivity index is 2.19. The van der Waals surface area contributed by atoms with Gasteiger partial charge in [0.1, 0.15) is 5.75 Å². The fourth-order valence-corrected chi connectivity index (χ4v) is 3.34. The third kappa shape index (κ3) is 4.08. The molecule has 2 aromatic rings. The highest BCUT2D eigenvalue weighted by Gasteiger charge is 2.18. The summed E-state index contributed by atoms with van der Waals surface area (Å²) in [6.07, 6.45) is 1.94. The minimum absolute atomic E-state index is 0.0561. The van der Waals surface area contributed by atoms with Crippen LogP contribution < -0.4 is 10.1 Å². The molecule has 3 nitrogen and oxygen atoms in total. The van der Waals surface area contributed by atoms with Crippen molar-refractivity contribution < 1.29 is 9.53 Å². The number of halogens is 1. The molecule has 0 bridgehead atoms. The topological polar surface area (TPSA) is 38.3 Å². The first-order valence-electron chi connectivity index (χ1n) is 6.83. The van der Waals surface area contributed by atoms with E-state index >= 15 is 0 Å². The zero-order valence-electron chi connectivity index (χ0n) is 12.1. The van der Waals surface area contributed by atoms with Crippen molar-refractivity contribution >= 4 is 33.2 Å². The van der Waals surface area contributed by atoms with Crippen molar-refractivity contribution in [2.24, 2.45) is 0 Å². The summed E-state index contributed by atoms with van der Waals surface area (Å²) < 4.78 is 5.95. The quantitative estimate of drug-likeness (QED) is 0.796. The van der Waals surface area contributed by atoms with Gasteiger partial charge in [-0.05, 0) is 52.0 Å². The Bertz CT molecular complexity index is 598. The molecule has 0 aliphatic carbocycles. The molecule has 0 saturated carbocycles. The van der Waals surface area contributed by atoms with Crippen molar-refractivity contribution in [3.8, 4) is 5.75 Å². The van der Waals surface area contributed by atoms with E-state index in [1.807, 2.05) is 23.6 Å². The highest BCUT2D eigenvalue weighted by Crippen LogP contribution is 2.26. The van der Waals surface area contributed by atoms with E-state index in [0.717, 1.165) is 17.3 Å². The van der Waals surface area contributed by atoms with Gasteiger partial charge in [-0.25, -0.2) is 0 Å². The van der Waals surface area contributed by atoms with Gasteiger partial charge >= 0.3 is 0 Å². The average molecular weight is 368 g/mol. The number of benzene rings is 1. The van der Waals surface area contributed by atoms with E-state index in [0.29, 0.717) is 11.3 Å². The fraction of sp³-hybridized carbons (Fsp3) is 0.312. The van der Waals surface area contributed by atoms with E-state index in [2.05, 4.69) is 34.2 Å². The van der Waals surface area contributed by atoms with Crippen LogP contribution in [0, 0.1) is 0 Å². The largest absolute Gasteiger partial charge is 0.497 e. The third-order valence-corrected chi connectivity index (χ3v) is 4.86. The van der Waals surface area contributed by atoms with E-state index in [1.54, 1.807) is 24.5 Å². The highest BCUT2D eigenvalue weighted by molar-refractivity contribution is 9.10. The first-order valence-corrected chi connectivity index (χ1v) is 8.50. The van der Waals surface area contributed by atoms with Crippen LogP contribution in [0.1, 0.15) is 41.0 Å². The van der Waals surface area contributed by atoms with E-state index in [9.17, 15) is 4.79 Å². The van der Waals surface area contributed by atoms with Crippen LogP contribution in [-0.2, 0) is 0 Å². The van der Waals surface area contributed by atoms with Crippen LogP contribution in [-0.4, -0.2) is 13.0 Å². The van der Waals surface area contributed by atoms with Crippen molar-refractivity contribution in [2.75, 3.05) is 7.11 Å². The molecule has 1 amide bonds. The zero-order chi connectivity index (χ0) is 15.2. The predicted octanol–water partition coefficient (Wildman–Crippen LogP) is 4.79. The first kappa shape index (κ1) is 16.0. The van der Waals surface area contributed by atoms with Gasteiger partial charge in [0, 0.05) is 9.35 Å². The van der Waals surface area contributed by atoms with Gasteiger partial charge in [-0.3, -0.25) is 4.79 Å². The molecule has 1 atom stereocenters. The van der Waals surface area contributed by atoms with Gasteiger partial charge in [0.2, 0.25) is 0 Å². The van der Waals surface area contributed by atoms with E-state index in [4.69, 9.17) is 4.74 Å². The average Bonchev–Trinajstić information content (AvgIpc) is 3.01. The van der Waals surface area contributed by atoms with Crippen LogP contribution in [0.15, 0.2) is 40.2 Å². The summed E-state index contributed by atoms with van der Waals surface area (Å²) in [6.45, 7) is 2.12. The van der Waals surface area contributed by atoms with Crippen molar-refractivity contribution in [1.29, 1.82) is 0 Å². The van der Waals surface area contributed by atoms with Crippen LogP contribution in [0.4, 0.5) is 0 Å². The minimum atomic E-state index is -0.0902. The standard InChI is InChI=1S/C16H18BrNO2S/c1-3-5-14(15-6-4-9-21-15)18-16(19)12-10-11(20-2)7-8-13(12)17/h4,6-10,14H,3,5H2,1-2H3,(H,18,19). The summed E-state index contributed by atoms with van der Waals surface area (Å²) >= 11 is 5.09. The van der Waals surface area contributed by atoms with Crippen LogP contribution in [0.3, 0.4) is 0 Å². The highest BCUT2D eigenvalue weighted by atomic mass is 79.9. The monoisotopic (exact) mass is 367 g/mol. The number of rotatable bonds is 6. The number of hydrogen-bond acceptors (Lipinski definition) is 3. The molecule has 1 heterocycles. The maximum absolute atomic E-state index is 12.5. The van der Waals surface area contributed by atoms with Crippen molar-refractivity contribution in [3.63, 3.8) is 0 Å². The van der Waals surface area contributed by atoms with Crippen LogP contribution in [0.25, 0.3) is 0 Å². The third-order valence-electron chi connectivity index (χ3n) is 3.19. The molecule has 112 valence electrons. The minimum Gasteiger partial charge on any atom is -0.497 e. The molecule has 0 radical (unpaired) electrons. The molecule has 1 unspecified atom stereocenters. The summed E-state index contributed by atoms with van der Waals surface area (Å²) in [5.74, 6) is 0.583. The van der Waals surface area contributed by atoms with Gasteiger partial charge in [0.05, 0.1) is 18.7 Å². The molecular weight excluding hydrogens is 350 g/mol. The number of nitrogens with one attached hydrogen (secondary N) is 1. The van der Waals surface area contributed by atoms with Gasteiger partial charge in [-0.1, -0.05) is 19.4 Å². The van der Waals surface area contributed by atoms with Crippen LogP contribution in [0.2, 0.25) is 0 Å². The van der Waals surface area contributed by atoms with Crippen molar-refractivity contribution in [2.45, 2.75) is 25.8 Å². The van der Waals surface area contributed by atoms with Crippen LogP contribution in [0.5, 0.6) is 5.75 Å². The molecule has 0 saturated heterocycles. The van der Waals surface area contributed by atoms with Gasteiger partial charge in [-0.2, -0.15) is 0 Å². The molecule has 2 rings (SSSR count). The second-order valence-electron chi connectivity index (χ2n) is 4.68. The molecule has 1 aromatic heterocycles. The summed E-state index contributed by atoms with van der Waals surface area (Å²) in [7, 11) is 1.59. The molecular formula is C16H18BrNO2S. The lowest BCUT2D eigenvalue weighted by molar-refractivity contribution is 0.0934. The Hall–Kier alpha value is -1.33. The normalized spacial score (nSPS) is 12.0. The number of methoxy groups -OCH3 is 1. The fourth-order valence-electron chi connectivity index (χ4n) is 2.11. The Kier molecular flexibility index (Phi) is 5.82. The lowest BCUT2D eigenvalue weighted by Crippen LogP contribution is -2.28. The molecule has 0 spiro atoms. The predicted molar refractivity (Wildman–Crippen MR) is 90.1 cm³/mol. The molecule has 0 fully saturated rings. The van der Waals surface area contributed by atoms with Gasteiger partial charge in [0.15, 0.2) is 0 Å². The summed E-state index contributed by atoms with van der Waals surface area (Å²) in [5, 5.41) is 5.15. The Morgan fingerprint density at radius 3 is 2.86 bits per heavy atom. The Labute approximate surface area is 137 Å². The molecule has 5 heteroatoms.